The van der Waals surface area contributed by atoms with Crippen LogP contribution in [-0.4, -0.2) is 67.6 Å². The highest BCUT2D eigenvalue weighted by Gasteiger charge is 2.53. The molecule has 18 heavy (non-hydrogen) atoms. The van der Waals surface area contributed by atoms with E-state index in [-0.39, 0.29) is 17.3 Å². The predicted molar refractivity (Wildman–Crippen MR) is 73.8 cm³/mol. The Labute approximate surface area is 111 Å². The molecule has 0 aromatic heterocycles. The van der Waals surface area contributed by atoms with Gasteiger partial charge in [0.1, 0.15) is 5.60 Å². The van der Waals surface area contributed by atoms with Gasteiger partial charge in [0.25, 0.3) is 0 Å². The maximum absolute atomic E-state index is 12.4. The molecule has 1 heterocycles. The molecule has 1 saturated heterocycles. The van der Waals surface area contributed by atoms with Crippen molar-refractivity contribution in [3.05, 3.63) is 0 Å². The van der Waals surface area contributed by atoms with Gasteiger partial charge in [-0.15, -0.1) is 0 Å². The van der Waals surface area contributed by atoms with Crippen molar-refractivity contribution in [1.29, 1.82) is 0 Å². The van der Waals surface area contributed by atoms with Gasteiger partial charge in [-0.05, 0) is 48.8 Å². The summed E-state index contributed by atoms with van der Waals surface area (Å²) in [6.07, 6.45) is 0. The van der Waals surface area contributed by atoms with Gasteiger partial charge < -0.3 is 14.5 Å². The Bertz CT molecular complexity index is 311. The molecule has 0 bridgehead atoms. The first-order chi connectivity index (χ1) is 8.06. The minimum Gasteiger partial charge on any atom is -0.361 e. The van der Waals surface area contributed by atoms with Crippen LogP contribution in [0.5, 0.6) is 0 Å². The molecule has 0 N–H and O–H groups in total. The second-order valence-electron chi connectivity index (χ2n) is 6.70. The number of nitrogens with zero attached hydrogens (tertiary/aromatic N) is 2. The average molecular weight is 256 g/mol. The molecule has 1 rings (SSSR count). The zero-order valence-electron chi connectivity index (χ0n) is 12.9. The molecule has 0 aromatic rings. The largest absolute Gasteiger partial charge is 0.361 e. The van der Waals surface area contributed by atoms with Gasteiger partial charge in [0.2, 0.25) is 0 Å². The summed E-state index contributed by atoms with van der Waals surface area (Å²) in [5.74, 6) is 0.184. The van der Waals surface area contributed by atoms with E-state index in [1.54, 1.807) is 0 Å². The van der Waals surface area contributed by atoms with E-state index >= 15 is 0 Å². The predicted octanol–water partition coefficient (Wildman–Crippen LogP) is 1.25. The van der Waals surface area contributed by atoms with Crippen LogP contribution in [0.3, 0.4) is 0 Å². The molecule has 4 nitrogen and oxygen atoms in total. The molecule has 1 fully saturated rings. The number of likely N-dealkylation sites (N-methyl/N-ethyl adjacent to an activating group) is 2. The lowest BCUT2D eigenvalue weighted by Gasteiger charge is -2.29. The molecule has 0 aromatic carbocycles. The lowest BCUT2D eigenvalue weighted by molar-refractivity contribution is -0.132. The van der Waals surface area contributed by atoms with Crippen LogP contribution in [-0.2, 0) is 9.53 Å². The third kappa shape index (κ3) is 3.53. The van der Waals surface area contributed by atoms with Crippen molar-refractivity contribution in [3.8, 4) is 0 Å². The molecule has 1 atom stereocenters. The highest BCUT2D eigenvalue weighted by Crippen LogP contribution is 2.39. The Morgan fingerprint density at radius 1 is 1.11 bits per heavy atom. The molecule has 0 spiro atoms. The normalized spacial score (nSPS) is 26.3. The Morgan fingerprint density at radius 3 is 2.06 bits per heavy atom. The number of ether oxygens (including phenoxy) is 1. The van der Waals surface area contributed by atoms with E-state index in [1.165, 1.54) is 0 Å². The maximum Gasteiger partial charge on any atom is 0.171 e. The monoisotopic (exact) mass is 256 g/mol. The zero-order valence-corrected chi connectivity index (χ0v) is 12.9. The molecule has 106 valence electrons. The quantitative estimate of drug-likeness (QED) is 0.741. The summed E-state index contributed by atoms with van der Waals surface area (Å²) in [6.45, 7) is 10.5. The lowest BCUT2D eigenvalue weighted by Crippen LogP contribution is -2.41. The number of rotatable bonds is 5. The fourth-order valence-corrected chi connectivity index (χ4v) is 2.59. The topological polar surface area (TPSA) is 32.8 Å². The van der Waals surface area contributed by atoms with Crippen LogP contribution in [0.1, 0.15) is 27.7 Å². The molecule has 0 amide bonds. The lowest BCUT2D eigenvalue weighted by atomic mass is 9.85. The van der Waals surface area contributed by atoms with Crippen molar-refractivity contribution < 1.29 is 9.53 Å². The average Bonchev–Trinajstić information content (AvgIpc) is 2.33. The first-order valence-corrected chi connectivity index (χ1v) is 6.64. The van der Waals surface area contributed by atoms with E-state index in [4.69, 9.17) is 4.74 Å². The molecule has 0 aliphatic carbocycles. The van der Waals surface area contributed by atoms with Crippen LogP contribution >= 0.6 is 0 Å². The fraction of sp³-hybridized carbons (Fsp3) is 0.929. The Morgan fingerprint density at radius 2 is 1.67 bits per heavy atom. The van der Waals surface area contributed by atoms with Crippen LogP contribution < -0.4 is 0 Å². The van der Waals surface area contributed by atoms with Gasteiger partial charge in [-0.25, -0.2) is 0 Å². The second kappa shape index (κ2) is 5.27. The minimum absolute atomic E-state index is 0.0420. The molecule has 1 aliphatic rings. The maximum atomic E-state index is 12.4. The molecule has 1 unspecified atom stereocenters. The van der Waals surface area contributed by atoms with Gasteiger partial charge in [0.05, 0.1) is 11.5 Å². The number of Topliss-reactive ketones (excluding diaryl/α,β-unsaturated/α-hetero) is 1. The first kappa shape index (κ1) is 15.6. The van der Waals surface area contributed by atoms with E-state index in [0.29, 0.717) is 0 Å². The Kier molecular flexibility index (Phi) is 4.57. The SMILES string of the molecule is CN(C)CCN(C)CC1C(=O)C(C)(C)OC1(C)C. The second-order valence-corrected chi connectivity index (χ2v) is 6.70. The Balaban J connectivity index is 2.63. The van der Waals surface area contributed by atoms with Crippen LogP contribution in [0.15, 0.2) is 0 Å². The van der Waals surface area contributed by atoms with Gasteiger partial charge in [0.15, 0.2) is 5.78 Å². The summed E-state index contributed by atoms with van der Waals surface area (Å²) < 4.78 is 5.90. The van der Waals surface area contributed by atoms with E-state index in [2.05, 4.69) is 30.9 Å². The smallest absolute Gasteiger partial charge is 0.171 e. The van der Waals surface area contributed by atoms with E-state index < -0.39 is 5.60 Å². The van der Waals surface area contributed by atoms with Crippen molar-refractivity contribution in [3.63, 3.8) is 0 Å². The van der Waals surface area contributed by atoms with Crippen LogP contribution in [0.25, 0.3) is 0 Å². The van der Waals surface area contributed by atoms with Gasteiger partial charge >= 0.3 is 0 Å². The molecular weight excluding hydrogens is 228 g/mol. The van der Waals surface area contributed by atoms with Crippen LogP contribution in [0, 0.1) is 5.92 Å². The number of hydrogen-bond acceptors (Lipinski definition) is 4. The van der Waals surface area contributed by atoms with Gasteiger partial charge in [0, 0.05) is 19.6 Å². The molecule has 1 aliphatic heterocycles. The first-order valence-electron chi connectivity index (χ1n) is 6.64. The van der Waals surface area contributed by atoms with Crippen molar-refractivity contribution in [2.45, 2.75) is 38.9 Å². The summed E-state index contributed by atoms with van der Waals surface area (Å²) in [4.78, 5) is 16.7. The molecule has 0 saturated carbocycles. The van der Waals surface area contributed by atoms with Crippen molar-refractivity contribution in [2.24, 2.45) is 5.92 Å². The fourth-order valence-electron chi connectivity index (χ4n) is 2.59. The zero-order chi connectivity index (χ0) is 14.1. The minimum atomic E-state index is -0.642. The summed E-state index contributed by atoms with van der Waals surface area (Å²) in [7, 11) is 6.19. The van der Waals surface area contributed by atoms with Gasteiger partial charge in [-0.1, -0.05) is 0 Å². The highest BCUT2D eigenvalue weighted by atomic mass is 16.5. The third-order valence-corrected chi connectivity index (χ3v) is 3.69. The standard InChI is InChI=1S/C14H28N2O2/c1-13(2)11(12(17)14(3,4)18-13)10-16(7)9-8-15(5)6/h11H,8-10H2,1-7H3. The molecule has 0 radical (unpaired) electrons. The van der Waals surface area contributed by atoms with Crippen molar-refractivity contribution >= 4 is 5.78 Å². The number of carbonyl (C=O) groups excluding carboxylic acids is 1. The van der Waals surface area contributed by atoms with E-state index in [9.17, 15) is 4.79 Å². The van der Waals surface area contributed by atoms with E-state index in [1.807, 2.05) is 27.7 Å². The molecular formula is C14H28N2O2. The summed E-state index contributed by atoms with van der Waals surface area (Å²) in [5, 5.41) is 0. The summed E-state index contributed by atoms with van der Waals surface area (Å²) >= 11 is 0. The Hall–Kier alpha value is -0.450. The van der Waals surface area contributed by atoms with Crippen LogP contribution in [0.2, 0.25) is 0 Å². The van der Waals surface area contributed by atoms with Gasteiger partial charge in [-0.3, -0.25) is 4.79 Å². The van der Waals surface area contributed by atoms with E-state index in [0.717, 1.165) is 19.6 Å². The number of ketones is 1. The number of carbonyl (C=O) groups is 1. The van der Waals surface area contributed by atoms with Crippen LogP contribution in [0.4, 0.5) is 0 Å². The highest BCUT2D eigenvalue weighted by molar-refractivity contribution is 5.91. The third-order valence-electron chi connectivity index (χ3n) is 3.69. The number of hydrogen-bond donors (Lipinski definition) is 0. The van der Waals surface area contributed by atoms with Crippen molar-refractivity contribution in [1.82, 2.24) is 9.80 Å². The summed E-state index contributed by atoms with van der Waals surface area (Å²) in [6, 6.07) is 0. The summed E-state index contributed by atoms with van der Waals surface area (Å²) in [5.41, 5.74) is -1.01. The van der Waals surface area contributed by atoms with Crippen molar-refractivity contribution in [2.75, 3.05) is 40.8 Å². The van der Waals surface area contributed by atoms with Gasteiger partial charge in [-0.2, -0.15) is 0 Å². The molecule has 4 heteroatoms.